The first-order valence-electron chi connectivity index (χ1n) is 9.45. The Kier molecular flexibility index (Phi) is 7.86. The van der Waals surface area contributed by atoms with Gasteiger partial charge in [-0.25, -0.2) is 0 Å². The summed E-state index contributed by atoms with van der Waals surface area (Å²) in [6.07, 6.45) is -3.94. The third kappa shape index (κ3) is 6.79. The second-order valence-corrected chi connectivity index (χ2v) is 6.86. The van der Waals surface area contributed by atoms with Crippen LogP contribution in [0.15, 0.2) is 36.4 Å². The number of halogens is 3. The van der Waals surface area contributed by atoms with E-state index in [-0.39, 0.29) is 24.5 Å². The van der Waals surface area contributed by atoms with Crippen LogP contribution in [0.5, 0.6) is 5.75 Å². The second-order valence-electron chi connectivity index (χ2n) is 6.86. The van der Waals surface area contributed by atoms with Crippen LogP contribution in [-0.4, -0.2) is 25.1 Å². The lowest BCUT2D eigenvalue weighted by Gasteiger charge is -2.15. The quantitative estimate of drug-likeness (QED) is 0.618. The van der Waals surface area contributed by atoms with Crippen LogP contribution >= 0.6 is 0 Å². The van der Waals surface area contributed by atoms with Crippen LogP contribution in [0, 0.1) is 13.8 Å². The predicted molar refractivity (Wildman–Crippen MR) is 106 cm³/mol. The second kappa shape index (κ2) is 10.1. The largest absolute Gasteiger partial charge is 0.491 e. The summed E-state index contributed by atoms with van der Waals surface area (Å²) in [5.74, 6) is -1.26. The van der Waals surface area contributed by atoms with Crippen molar-refractivity contribution in [2.75, 3.05) is 18.5 Å². The third-order valence-electron chi connectivity index (χ3n) is 4.33. The van der Waals surface area contributed by atoms with Gasteiger partial charge in [0.2, 0.25) is 0 Å². The van der Waals surface area contributed by atoms with Crippen LogP contribution in [0.25, 0.3) is 0 Å². The predicted octanol–water partition coefficient (Wildman–Crippen LogP) is 4.84. The molecule has 0 atom stereocenters. The molecule has 0 heterocycles. The minimum absolute atomic E-state index is 0.0111. The average molecular weight is 423 g/mol. The Morgan fingerprint density at radius 3 is 2.40 bits per heavy atom. The summed E-state index contributed by atoms with van der Waals surface area (Å²) >= 11 is 0. The lowest BCUT2D eigenvalue weighted by Crippen LogP contribution is -2.22. The first-order valence-corrected chi connectivity index (χ1v) is 9.45. The molecule has 0 bridgehead atoms. The standard InChI is InChI=1S/C22H24F3NO4/c1-4-9-29-19-8-7-17(22(23,24)25)12-18(19)26-20(27)13-30-21(28)11-16-6-5-14(2)15(3)10-16/h5-8,10,12H,4,9,11,13H2,1-3H3,(H,26,27). The van der Waals surface area contributed by atoms with Crippen LogP contribution in [-0.2, 0) is 26.9 Å². The van der Waals surface area contributed by atoms with Gasteiger partial charge in [-0.2, -0.15) is 13.2 Å². The molecule has 30 heavy (non-hydrogen) atoms. The fourth-order valence-corrected chi connectivity index (χ4v) is 2.61. The van der Waals surface area contributed by atoms with E-state index in [4.69, 9.17) is 9.47 Å². The Labute approximate surface area is 173 Å². The van der Waals surface area contributed by atoms with Crippen LogP contribution in [0.4, 0.5) is 18.9 Å². The molecule has 0 saturated heterocycles. The number of esters is 1. The summed E-state index contributed by atoms with van der Waals surface area (Å²) in [7, 11) is 0. The molecule has 0 unspecified atom stereocenters. The Balaban J connectivity index is 2.00. The SMILES string of the molecule is CCCOc1ccc(C(F)(F)F)cc1NC(=O)COC(=O)Cc1ccc(C)c(C)c1. The number of ether oxygens (including phenoxy) is 2. The molecule has 162 valence electrons. The summed E-state index contributed by atoms with van der Waals surface area (Å²) in [5, 5.41) is 2.33. The maximum absolute atomic E-state index is 13.0. The Morgan fingerprint density at radius 2 is 1.77 bits per heavy atom. The van der Waals surface area contributed by atoms with Crippen molar-refractivity contribution in [3.8, 4) is 5.75 Å². The fraction of sp³-hybridized carbons (Fsp3) is 0.364. The number of benzene rings is 2. The number of amides is 1. The lowest BCUT2D eigenvalue weighted by atomic mass is 10.0. The van der Waals surface area contributed by atoms with Gasteiger partial charge in [-0.05, 0) is 55.2 Å². The summed E-state index contributed by atoms with van der Waals surface area (Å²) in [5.41, 5.74) is 1.81. The van der Waals surface area contributed by atoms with Gasteiger partial charge in [0.05, 0.1) is 24.3 Å². The van der Waals surface area contributed by atoms with Crippen molar-refractivity contribution in [1.82, 2.24) is 0 Å². The molecule has 0 aromatic heterocycles. The van der Waals surface area contributed by atoms with E-state index in [1.165, 1.54) is 0 Å². The molecule has 2 aromatic rings. The van der Waals surface area contributed by atoms with Crippen LogP contribution < -0.4 is 10.1 Å². The molecule has 0 fully saturated rings. The van der Waals surface area contributed by atoms with E-state index in [1.54, 1.807) is 6.07 Å². The summed E-state index contributed by atoms with van der Waals surface area (Å²) in [4.78, 5) is 24.1. The summed E-state index contributed by atoms with van der Waals surface area (Å²) in [6.45, 7) is 5.38. The molecule has 2 rings (SSSR count). The van der Waals surface area contributed by atoms with Gasteiger partial charge in [-0.15, -0.1) is 0 Å². The molecule has 1 N–H and O–H groups in total. The number of nitrogens with one attached hydrogen (secondary N) is 1. The summed E-state index contributed by atoms with van der Waals surface area (Å²) in [6, 6.07) is 8.36. The number of aryl methyl sites for hydroxylation is 2. The topological polar surface area (TPSA) is 64.6 Å². The molecule has 8 heteroatoms. The van der Waals surface area contributed by atoms with Gasteiger partial charge in [0, 0.05) is 0 Å². The van der Waals surface area contributed by atoms with Gasteiger partial charge in [0.15, 0.2) is 6.61 Å². The first kappa shape index (κ1) is 23.3. The zero-order valence-electron chi connectivity index (χ0n) is 17.1. The van der Waals surface area contributed by atoms with Crippen molar-refractivity contribution < 1.29 is 32.2 Å². The van der Waals surface area contributed by atoms with E-state index in [2.05, 4.69) is 5.32 Å². The normalized spacial score (nSPS) is 11.1. The molecule has 5 nitrogen and oxygen atoms in total. The smallest absolute Gasteiger partial charge is 0.416 e. The molecule has 0 aliphatic carbocycles. The Morgan fingerprint density at radius 1 is 1.03 bits per heavy atom. The highest BCUT2D eigenvalue weighted by molar-refractivity contribution is 5.94. The number of carbonyl (C=O) groups excluding carboxylic acids is 2. The highest BCUT2D eigenvalue weighted by Crippen LogP contribution is 2.35. The van der Waals surface area contributed by atoms with Crippen molar-refractivity contribution in [3.05, 3.63) is 58.7 Å². The molecule has 0 aliphatic heterocycles. The fourth-order valence-electron chi connectivity index (χ4n) is 2.61. The van der Waals surface area contributed by atoms with Gasteiger partial charge in [0.1, 0.15) is 5.75 Å². The third-order valence-corrected chi connectivity index (χ3v) is 4.33. The van der Waals surface area contributed by atoms with E-state index in [0.717, 1.165) is 34.9 Å². The minimum atomic E-state index is -4.57. The number of hydrogen-bond donors (Lipinski definition) is 1. The maximum Gasteiger partial charge on any atom is 0.416 e. The van der Waals surface area contributed by atoms with Gasteiger partial charge in [0.25, 0.3) is 5.91 Å². The minimum Gasteiger partial charge on any atom is -0.491 e. The van der Waals surface area contributed by atoms with Crippen LogP contribution in [0.2, 0.25) is 0 Å². The number of carbonyl (C=O) groups is 2. The number of alkyl halides is 3. The van der Waals surface area contributed by atoms with E-state index in [1.807, 2.05) is 32.9 Å². The molecule has 0 radical (unpaired) electrons. The van der Waals surface area contributed by atoms with Crippen LogP contribution in [0.3, 0.4) is 0 Å². The molecule has 0 aliphatic rings. The number of anilines is 1. The molecule has 1 amide bonds. The van der Waals surface area contributed by atoms with Crippen molar-refractivity contribution in [2.24, 2.45) is 0 Å². The maximum atomic E-state index is 13.0. The van der Waals surface area contributed by atoms with Crippen molar-refractivity contribution in [1.29, 1.82) is 0 Å². The molecular formula is C22H24F3NO4. The monoisotopic (exact) mass is 423 g/mol. The van der Waals surface area contributed by atoms with E-state index >= 15 is 0 Å². The summed E-state index contributed by atoms with van der Waals surface area (Å²) < 4.78 is 49.3. The first-order chi connectivity index (χ1) is 14.1. The number of hydrogen-bond acceptors (Lipinski definition) is 4. The Bertz CT molecular complexity index is 910. The van der Waals surface area contributed by atoms with Gasteiger partial charge in [-0.1, -0.05) is 25.1 Å². The highest BCUT2D eigenvalue weighted by Gasteiger charge is 2.31. The van der Waals surface area contributed by atoms with E-state index in [0.29, 0.717) is 6.42 Å². The Hall–Kier alpha value is -3.03. The van der Waals surface area contributed by atoms with Crippen molar-refractivity contribution in [2.45, 2.75) is 39.8 Å². The van der Waals surface area contributed by atoms with Crippen molar-refractivity contribution in [3.63, 3.8) is 0 Å². The van der Waals surface area contributed by atoms with Crippen molar-refractivity contribution >= 4 is 17.6 Å². The molecular weight excluding hydrogens is 399 g/mol. The highest BCUT2D eigenvalue weighted by atomic mass is 19.4. The molecule has 2 aromatic carbocycles. The zero-order chi connectivity index (χ0) is 22.3. The van der Waals surface area contributed by atoms with Gasteiger partial charge in [-0.3, -0.25) is 9.59 Å². The lowest BCUT2D eigenvalue weighted by molar-refractivity contribution is -0.146. The average Bonchev–Trinajstić information content (AvgIpc) is 2.67. The molecule has 0 spiro atoms. The molecule has 0 saturated carbocycles. The van der Waals surface area contributed by atoms with E-state index in [9.17, 15) is 22.8 Å². The van der Waals surface area contributed by atoms with Gasteiger partial charge >= 0.3 is 12.1 Å². The van der Waals surface area contributed by atoms with E-state index < -0.39 is 30.2 Å². The number of rotatable bonds is 8. The van der Waals surface area contributed by atoms with Gasteiger partial charge < -0.3 is 14.8 Å². The zero-order valence-corrected chi connectivity index (χ0v) is 17.1. The van der Waals surface area contributed by atoms with Crippen LogP contribution in [0.1, 0.15) is 35.6 Å².